The van der Waals surface area contributed by atoms with Gasteiger partial charge in [0.15, 0.2) is 10.2 Å². The molecule has 0 aromatic heterocycles. The zero-order valence-electron chi connectivity index (χ0n) is 20.1. The van der Waals surface area contributed by atoms with E-state index in [9.17, 15) is 0 Å². The summed E-state index contributed by atoms with van der Waals surface area (Å²) in [6.45, 7) is 7.41. The number of rotatable bonds is 17. The Morgan fingerprint density at radius 1 is 0.486 bits per heavy atom. The minimum atomic E-state index is 0. The monoisotopic (exact) mass is 516 g/mol. The van der Waals surface area contributed by atoms with Crippen molar-refractivity contribution in [3.63, 3.8) is 0 Å². The molecule has 0 atom stereocenters. The highest BCUT2D eigenvalue weighted by atomic mass is 32.1. The first-order valence-electron chi connectivity index (χ1n) is 12.3. The van der Waals surface area contributed by atoms with Crippen molar-refractivity contribution in [1.29, 1.82) is 0 Å². The molecule has 8 heteroatoms. The Labute approximate surface area is 223 Å². The van der Waals surface area contributed by atoms with Gasteiger partial charge in [0.1, 0.15) is 0 Å². The molecule has 0 unspecified atom stereocenters. The molecule has 2 aromatic rings. The smallest absolute Gasteiger partial charge is 0.166 e. The number of thiocarbonyl (C=S) groups is 2. The van der Waals surface area contributed by atoms with E-state index in [0.29, 0.717) is 0 Å². The van der Waals surface area contributed by atoms with Gasteiger partial charge in [0.05, 0.1) is 0 Å². The Kier molecular flexibility index (Phi) is 18.5. The van der Waals surface area contributed by atoms with Gasteiger partial charge < -0.3 is 31.9 Å². The van der Waals surface area contributed by atoms with Crippen LogP contribution in [0.25, 0.3) is 0 Å². The summed E-state index contributed by atoms with van der Waals surface area (Å²) in [6.07, 6.45) is 4.48. The van der Waals surface area contributed by atoms with Gasteiger partial charge in [-0.3, -0.25) is 0 Å². The fourth-order valence-electron chi connectivity index (χ4n) is 3.26. The fraction of sp³-hybridized carbons (Fsp3) is 0.481. The number of benzene rings is 2. The van der Waals surface area contributed by atoms with Gasteiger partial charge in [0.25, 0.3) is 0 Å². The molecule has 0 saturated carbocycles. The minimum absolute atomic E-state index is 0. The lowest BCUT2D eigenvalue weighted by Crippen LogP contribution is -2.36. The second-order valence-electron chi connectivity index (χ2n) is 8.10. The van der Waals surface area contributed by atoms with Crippen molar-refractivity contribution >= 4 is 34.7 Å². The van der Waals surface area contributed by atoms with Crippen LogP contribution in [-0.2, 0) is 13.1 Å². The first kappa shape index (κ1) is 30.8. The zero-order valence-corrected chi connectivity index (χ0v) is 21.7. The molecule has 194 valence electrons. The van der Waals surface area contributed by atoms with Gasteiger partial charge in [-0.1, -0.05) is 68.1 Å². The van der Waals surface area contributed by atoms with Crippen molar-refractivity contribution in [3.05, 3.63) is 71.8 Å². The molecule has 0 aliphatic rings. The van der Waals surface area contributed by atoms with Gasteiger partial charge in [-0.25, -0.2) is 0 Å². The lowest BCUT2D eigenvalue weighted by Gasteiger charge is -2.11. The maximum Gasteiger partial charge on any atom is 0.166 e. The first-order chi connectivity index (χ1) is 16.7. The zero-order chi connectivity index (χ0) is 24.1. The predicted octanol–water partition coefficient (Wildman–Crippen LogP) is 3.69. The summed E-state index contributed by atoms with van der Waals surface area (Å²) in [4.78, 5) is 0. The van der Waals surface area contributed by atoms with Crippen LogP contribution >= 0.6 is 24.4 Å². The van der Waals surface area contributed by atoms with Crippen molar-refractivity contribution in [2.75, 3.05) is 39.3 Å². The molecular weight excluding hydrogens is 472 g/mol. The Bertz CT molecular complexity index is 721. The number of hydrogen-bond acceptors (Lipinski definition) is 4. The van der Waals surface area contributed by atoms with E-state index in [1.165, 1.54) is 24.0 Å². The molecule has 0 saturated heterocycles. The summed E-state index contributed by atoms with van der Waals surface area (Å²) in [7, 11) is 0. The van der Waals surface area contributed by atoms with Gasteiger partial charge in [-0.2, -0.15) is 0 Å². The number of unbranched alkanes of at least 4 members (excludes halogenated alkanes) is 1. The fourth-order valence-corrected chi connectivity index (χ4v) is 3.61. The van der Waals surface area contributed by atoms with Gasteiger partial charge in [-0.05, 0) is 87.4 Å². The standard InChI is InChI=1S/C26H40N6S2.CH4/c33-25(31-21-23-11-3-1-4-12-23)29-19-9-17-27-15-7-8-16-28-18-10-20-30-26(34)32-22-24-13-5-2-6-14-24;/h1-6,11-14,27-28H,7-10,15-22H2,(H2,29,31,33)(H2,30,32,34);1H4. The Balaban J connectivity index is 0.00000612. The van der Waals surface area contributed by atoms with Crippen LogP contribution in [0.5, 0.6) is 0 Å². The predicted molar refractivity (Wildman–Crippen MR) is 159 cm³/mol. The second kappa shape index (κ2) is 21.1. The molecule has 0 bridgehead atoms. The molecule has 0 aliphatic carbocycles. The van der Waals surface area contributed by atoms with Crippen LogP contribution in [0.1, 0.15) is 44.2 Å². The lowest BCUT2D eigenvalue weighted by molar-refractivity contribution is 0.564. The van der Waals surface area contributed by atoms with Crippen molar-refractivity contribution in [3.8, 4) is 0 Å². The number of nitrogens with one attached hydrogen (secondary N) is 6. The number of hydrogen-bond donors (Lipinski definition) is 6. The van der Waals surface area contributed by atoms with Gasteiger partial charge in [0, 0.05) is 26.2 Å². The SMILES string of the molecule is C.S=C(NCCCNCCCCNCCCNC(=S)NCc1ccccc1)NCc1ccccc1. The van der Waals surface area contributed by atoms with Crippen LogP contribution in [-0.4, -0.2) is 49.5 Å². The van der Waals surface area contributed by atoms with E-state index in [2.05, 4.69) is 56.2 Å². The van der Waals surface area contributed by atoms with Crippen LogP contribution < -0.4 is 31.9 Å². The molecular formula is C27H44N6S2. The molecule has 2 aromatic carbocycles. The maximum absolute atomic E-state index is 5.32. The van der Waals surface area contributed by atoms with E-state index in [0.717, 1.165) is 75.4 Å². The van der Waals surface area contributed by atoms with Crippen LogP contribution in [0.15, 0.2) is 60.7 Å². The van der Waals surface area contributed by atoms with E-state index in [4.69, 9.17) is 24.4 Å². The van der Waals surface area contributed by atoms with Crippen LogP contribution in [0, 0.1) is 0 Å². The normalized spacial score (nSPS) is 10.2. The lowest BCUT2D eigenvalue weighted by atomic mass is 10.2. The Hall–Kier alpha value is -2.26. The minimum Gasteiger partial charge on any atom is -0.363 e. The van der Waals surface area contributed by atoms with E-state index >= 15 is 0 Å². The third-order valence-corrected chi connectivity index (χ3v) is 5.76. The highest BCUT2D eigenvalue weighted by molar-refractivity contribution is 7.80. The van der Waals surface area contributed by atoms with Crippen molar-refractivity contribution < 1.29 is 0 Å². The van der Waals surface area contributed by atoms with Crippen LogP contribution in [0.4, 0.5) is 0 Å². The first-order valence-corrected chi connectivity index (χ1v) is 13.1. The molecule has 6 nitrogen and oxygen atoms in total. The van der Waals surface area contributed by atoms with Crippen molar-refractivity contribution in [2.45, 2.75) is 46.2 Å². The topological polar surface area (TPSA) is 72.2 Å². The molecule has 35 heavy (non-hydrogen) atoms. The Morgan fingerprint density at radius 3 is 1.26 bits per heavy atom. The summed E-state index contributed by atoms with van der Waals surface area (Å²) in [5, 5.41) is 21.4. The van der Waals surface area contributed by atoms with Gasteiger partial charge >= 0.3 is 0 Å². The molecule has 0 spiro atoms. The van der Waals surface area contributed by atoms with E-state index in [1.54, 1.807) is 0 Å². The average molecular weight is 517 g/mol. The van der Waals surface area contributed by atoms with Crippen LogP contribution in [0.3, 0.4) is 0 Å². The summed E-state index contributed by atoms with van der Waals surface area (Å²) in [5.74, 6) is 0. The third-order valence-electron chi connectivity index (χ3n) is 5.18. The molecule has 0 amide bonds. The summed E-state index contributed by atoms with van der Waals surface area (Å²) in [6, 6.07) is 20.6. The highest BCUT2D eigenvalue weighted by Gasteiger charge is 1.97. The quantitative estimate of drug-likeness (QED) is 0.141. The van der Waals surface area contributed by atoms with E-state index in [-0.39, 0.29) is 7.43 Å². The molecule has 0 aliphatic heterocycles. The second-order valence-corrected chi connectivity index (χ2v) is 8.92. The van der Waals surface area contributed by atoms with Gasteiger partial charge in [-0.15, -0.1) is 0 Å². The van der Waals surface area contributed by atoms with Gasteiger partial charge in [0.2, 0.25) is 0 Å². The molecule has 6 N–H and O–H groups in total. The van der Waals surface area contributed by atoms with E-state index < -0.39 is 0 Å². The molecule has 0 heterocycles. The van der Waals surface area contributed by atoms with E-state index in [1.807, 2.05) is 36.4 Å². The highest BCUT2D eigenvalue weighted by Crippen LogP contribution is 1.97. The molecule has 0 fully saturated rings. The van der Waals surface area contributed by atoms with Crippen molar-refractivity contribution in [1.82, 2.24) is 31.9 Å². The third kappa shape index (κ3) is 16.9. The summed E-state index contributed by atoms with van der Waals surface area (Å²) in [5.41, 5.74) is 2.46. The average Bonchev–Trinajstić information content (AvgIpc) is 2.87. The van der Waals surface area contributed by atoms with Crippen LogP contribution in [0.2, 0.25) is 0 Å². The Morgan fingerprint density at radius 2 is 0.857 bits per heavy atom. The summed E-state index contributed by atoms with van der Waals surface area (Å²) < 4.78 is 0. The largest absolute Gasteiger partial charge is 0.363 e. The maximum atomic E-state index is 5.32. The molecule has 2 rings (SSSR count). The summed E-state index contributed by atoms with van der Waals surface area (Å²) >= 11 is 10.6. The molecule has 0 radical (unpaired) electrons. The van der Waals surface area contributed by atoms with Crippen molar-refractivity contribution in [2.24, 2.45) is 0 Å².